The van der Waals surface area contributed by atoms with Crippen LogP contribution in [0.5, 0.6) is 0 Å². The maximum Gasteiger partial charge on any atom is 0.148 e. The summed E-state index contributed by atoms with van der Waals surface area (Å²) in [6, 6.07) is 0.516. The lowest BCUT2D eigenvalue weighted by Crippen LogP contribution is -2.34. The van der Waals surface area contributed by atoms with Gasteiger partial charge in [-0.25, -0.2) is 0 Å². The highest BCUT2D eigenvalue weighted by molar-refractivity contribution is 5.55. The molecule has 0 aromatic heterocycles. The first-order valence-electron chi connectivity index (χ1n) is 14.6. The molecule has 0 rings (SSSR count). The number of aldehydes is 2. The van der Waals surface area contributed by atoms with Crippen molar-refractivity contribution in [2.24, 2.45) is 11.3 Å². The summed E-state index contributed by atoms with van der Waals surface area (Å²) >= 11 is 0. The highest BCUT2D eigenvalue weighted by atomic mass is 16.5. The van der Waals surface area contributed by atoms with Gasteiger partial charge in [-0.15, -0.1) is 0 Å². The minimum Gasteiger partial charge on any atom is -0.397 e. The number of nitrogens with one attached hydrogen (secondary N) is 1. The molecular weight excluding hydrogens is 498 g/mol. The molecule has 0 aliphatic heterocycles. The average Bonchev–Trinajstić information content (AvgIpc) is 2.89. The third kappa shape index (κ3) is 29.6. The van der Waals surface area contributed by atoms with Crippen molar-refractivity contribution in [2.75, 3.05) is 20.8 Å². The molecule has 0 aliphatic rings. The third-order valence-corrected chi connectivity index (χ3v) is 6.56. The summed E-state index contributed by atoms with van der Waals surface area (Å²) < 4.78 is 5.35. The molecule has 0 amide bonds. The van der Waals surface area contributed by atoms with Crippen molar-refractivity contribution < 1.29 is 34.8 Å². The van der Waals surface area contributed by atoms with E-state index in [9.17, 15) is 19.8 Å². The quantitative estimate of drug-likeness (QED) is 0.118. The molecule has 0 saturated carbocycles. The van der Waals surface area contributed by atoms with E-state index in [0.717, 1.165) is 31.1 Å². The molecule has 0 bridgehead atoms. The standard InChI is InChI=1S/C16H33NO3.C10H18O3.C3H8.C2H6O/c1-13(17-4)8-6-10-16(2,3)15(19)12-14(20-5)9-7-11-18;1-7(8(2)9(3)12)4-5-10(13)6-11;1-3-2;1-2-3/h11,13-15,17,19H,6-10,12H2,1-5H3;6,8-10,12-13H,1,4-5H2,2-3H3;3H2,1-2H3;3H,2H2,1H3. The molecule has 0 aliphatic carbocycles. The van der Waals surface area contributed by atoms with Crippen LogP contribution < -0.4 is 5.32 Å². The fourth-order valence-corrected chi connectivity index (χ4v) is 3.30. The van der Waals surface area contributed by atoms with Gasteiger partial charge >= 0.3 is 0 Å². The number of hydrogen-bond donors (Lipinski definition) is 5. The zero-order valence-corrected chi connectivity index (χ0v) is 26.9. The van der Waals surface area contributed by atoms with Gasteiger partial charge in [0.1, 0.15) is 18.7 Å². The van der Waals surface area contributed by atoms with Gasteiger partial charge in [0.25, 0.3) is 0 Å². The van der Waals surface area contributed by atoms with Crippen molar-refractivity contribution in [1.82, 2.24) is 5.32 Å². The normalized spacial score (nSPS) is 15.3. The predicted molar refractivity (Wildman–Crippen MR) is 163 cm³/mol. The summed E-state index contributed by atoms with van der Waals surface area (Å²) in [5.41, 5.74) is 0.752. The van der Waals surface area contributed by atoms with Crippen LogP contribution in [0.25, 0.3) is 0 Å². The van der Waals surface area contributed by atoms with Gasteiger partial charge in [-0.1, -0.05) is 59.6 Å². The Morgan fingerprint density at radius 1 is 1.03 bits per heavy atom. The SMILES string of the molecule is C=C(CCC(O)C=O)C(C)C(C)O.CCC.CCO.CNC(C)CCCC(C)(C)C(O)CC(CCC=O)OC. The maximum absolute atomic E-state index is 10.4. The average molecular weight is 564 g/mol. The number of carbonyl (C=O) groups excluding carboxylic acids is 2. The van der Waals surface area contributed by atoms with Crippen molar-refractivity contribution in [1.29, 1.82) is 0 Å². The predicted octanol–water partition coefficient (Wildman–Crippen LogP) is 4.85. The Morgan fingerprint density at radius 2 is 1.54 bits per heavy atom. The molecule has 0 spiro atoms. The van der Waals surface area contributed by atoms with E-state index >= 15 is 0 Å². The van der Waals surface area contributed by atoms with E-state index in [0.29, 0.717) is 44.4 Å². The van der Waals surface area contributed by atoms with Crippen molar-refractivity contribution in [3.63, 3.8) is 0 Å². The summed E-state index contributed by atoms with van der Waals surface area (Å²) in [5, 5.41) is 39.4. The molecule has 6 atom stereocenters. The van der Waals surface area contributed by atoms with Crippen LogP contribution >= 0.6 is 0 Å². The molecule has 0 fully saturated rings. The molecule has 0 aromatic carbocycles. The van der Waals surface area contributed by atoms with Crippen LogP contribution in [0, 0.1) is 11.3 Å². The fraction of sp³-hybridized carbons (Fsp3) is 0.871. The van der Waals surface area contributed by atoms with E-state index in [-0.39, 0.29) is 24.0 Å². The number of aliphatic hydroxyl groups is 4. The van der Waals surface area contributed by atoms with E-state index in [1.807, 2.05) is 14.0 Å². The van der Waals surface area contributed by atoms with Crippen molar-refractivity contribution in [3.05, 3.63) is 12.2 Å². The van der Waals surface area contributed by atoms with Crippen LogP contribution in [0.2, 0.25) is 0 Å². The highest BCUT2D eigenvalue weighted by Crippen LogP contribution is 2.31. The van der Waals surface area contributed by atoms with Gasteiger partial charge in [-0.3, -0.25) is 0 Å². The summed E-state index contributed by atoms with van der Waals surface area (Å²) in [7, 11) is 3.62. The lowest BCUT2D eigenvalue weighted by Gasteiger charge is -2.33. The first kappa shape index (κ1) is 44.8. The van der Waals surface area contributed by atoms with Crippen molar-refractivity contribution in [2.45, 2.75) is 144 Å². The van der Waals surface area contributed by atoms with Crippen LogP contribution in [-0.4, -0.2) is 84.2 Å². The lowest BCUT2D eigenvalue weighted by molar-refractivity contribution is -0.115. The van der Waals surface area contributed by atoms with Crippen LogP contribution in [0.1, 0.15) is 113 Å². The molecule has 8 heteroatoms. The van der Waals surface area contributed by atoms with Gasteiger partial charge in [0.05, 0.1) is 18.3 Å². The topological polar surface area (TPSA) is 136 Å². The first-order valence-corrected chi connectivity index (χ1v) is 14.6. The molecule has 39 heavy (non-hydrogen) atoms. The molecule has 0 aromatic rings. The van der Waals surface area contributed by atoms with Crippen LogP contribution in [-0.2, 0) is 14.3 Å². The molecule has 5 N–H and O–H groups in total. The highest BCUT2D eigenvalue weighted by Gasteiger charge is 2.29. The largest absolute Gasteiger partial charge is 0.397 e. The van der Waals surface area contributed by atoms with E-state index in [1.165, 1.54) is 6.42 Å². The van der Waals surface area contributed by atoms with E-state index in [1.54, 1.807) is 21.0 Å². The Labute approximate surface area is 240 Å². The first-order chi connectivity index (χ1) is 18.2. The van der Waals surface area contributed by atoms with Crippen LogP contribution in [0.3, 0.4) is 0 Å². The second-order valence-corrected chi connectivity index (χ2v) is 10.9. The van der Waals surface area contributed by atoms with Gasteiger partial charge in [0, 0.05) is 38.5 Å². The van der Waals surface area contributed by atoms with Crippen molar-refractivity contribution >= 4 is 12.6 Å². The lowest BCUT2D eigenvalue weighted by atomic mass is 9.78. The van der Waals surface area contributed by atoms with Gasteiger partial charge in [-0.2, -0.15) is 0 Å². The molecule has 0 heterocycles. The monoisotopic (exact) mass is 563 g/mol. The maximum atomic E-state index is 10.4. The Balaban J connectivity index is -0.000000275. The number of methoxy groups -OCH3 is 1. The second kappa shape index (κ2) is 29.8. The Kier molecular flexibility index (Phi) is 34.3. The number of rotatable bonds is 18. The molecular formula is C31H65NO7. The number of aliphatic hydroxyl groups excluding tert-OH is 4. The zero-order chi connectivity index (χ0) is 31.4. The van der Waals surface area contributed by atoms with Crippen LogP contribution in [0.4, 0.5) is 0 Å². The molecule has 0 radical (unpaired) electrons. The van der Waals surface area contributed by atoms with Gasteiger partial charge in [-0.05, 0) is 65.3 Å². The molecule has 236 valence electrons. The summed E-state index contributed by atoms with van der Waals surface area (Å²) in [6.45, 7) is 19.9. The smallest absolute Gasteiger partial charge is 0.148 e. The number of carbonyl (C=O) groups is 2. The van der Waals surface area contributed by atoms with Crippen LogP contribution in [0.15, 0.2) is 12.2 Å². The van der Waals surface area contributed by atoms with E-state index < -0.39 is 18.3 Å². The molecule has 0 saturated heterocycles. The fourth-order valence-electron chi connectivity index (χ4n) is 3.30. The Morgan fingerprint density at radius 3 is 1.92 bits per heavy atom. The summed E-state index contributed by atoms with van der Waals surface area (Å²) in [4.78, 5) is 20.5. The minimum atomic E-state index is -0.905. The molecule has 6 unspecified atom stereocenters. The van der Waals surface area contributed by atoms with Crippen molar-refractivity contribution in [3.8, 4) is 0 Å². The van der Waals surface area contributed by atoms with E-state index in [4.69, 9.17) is 14.9 Å². The Bertz CT molecular complexity index is 553. The van der Waals surface area contributed by atoms with Gasteiger partial charge in [0.15, 0.2) is 0 Å². The summed E-state index contributed by atoms with van der Waals surface area (Å²) in [6.07, 6.45) is 6.84. The number of hydrogen-bond acceptors (Lipinski definition) is 8. The minimum absolute atomic E-state index is 0.0128. The number of ether oxygens (including phenoxy) is 1. The Hall–Kier alpha value is -1.16. The zero-order valence-electron chi connectivity index (χ0n) is 26.9. The molecule has 8 nitrogen and oxygen atoms in total. The third-order valence-electron chi connectivity index (χ3n) is 6.56. The van der Waals surface area contributed by atoms with E-state index in [2.05, 4.69) is 46.5 Å². The van der Waals surface area contributed by atoms with Gasteiger partial charge < -0.3 is 40.1 Å². The van der Waals surface area contributed by atoms with Gasteiger partial charge in [0.2, 0.25) is 0 Å². The second-order valence-electron chi connectivity index (χ2n) is 10.9. The summed E-state index contributed by atoms with van der Waals surface area (Å²) in [5.74, 6) is 0.0128.